The average Bonchev–Trinajstić information content (AvgIpc) is 2.86. The van der Waals surface area contributed by atoms with Gasteiger partial charge in [0.05, 0.1) is 5.56 Å². The van der Waals surface area contributed by atoms with Crippen LogP contribution in [0.2, 0.25) is 0 Å². The molecule has 1 aliphatic carbocycles. The zero-order chi connectivity index (χ0) is 13.4. The predicted molar refractivity (Wildman–Crippen MR) is 73.2 cm³/mol. The van der Waals surface area contributed by atoms with Gasteiger partial charge < -0.3 is 9.88 Å². The summed E-state index contributed by atoms with van der Waals surface area (Å²) in [6.07, 6.45) is 7.58. The fourth-order valence-corrected chi connectivity index (χ4v) is 3.66. The highest BCUT2D eigenvalue weighted by Crippen LogP contribution is 2.37. The molecule has 19 heavy (non-hydrogen) atoms. The van der Waals surface area contributed by atoms with E-state index in [2.05, 4.69) is 4.98 Å². The number of aromatic nitrogens is 1. The molecular weight excluding hydrogens is 240 g/mol. The number of aromatic amines is 1. The van der Waals surface area contributed by atoms with Gasteiger partial charge in [-0.05, 0) is 44.1 Å². The van der Waals surface area contributed by atoms with Crippen molar-refractivity contribution in [3.8, 4) is 0 Å². The van der Waals surface area contributed by atoms with Crippen molar-refractivity contribution in [2.45, 2.75) is 45.1 Å². The Morgan fingerprint density at radius 3 is 2.89 bits per heavy atom. The molecule has 2 aliphatic rings. The molecule has 3 rings (SSSR count). The van der Waals surface area contributed by atoms with Gasteiger partial charge in [-0.15, -0.1) is 0 Å². The van der Waals surface area contributed by atoms with Crippen LogP contribution in [0.3, 0.4) is 0 Å². The van der Waals surface area contributed by atoms with Crippen LogP contribution in [-0.2, 0) is 0 Å². The van der Waals surface area contributed by atoms with Gasteiger partial charge in [0.25, 0.3) is 5.91 Å². The molecule has 2 atom stereocenters. The molecule has 2 unspecified atom stereocenters. The summed E-state index contributed by atoms with van der Waals surface area (Å²) >= 11 is 0. The van der Waals surface area contributed by atoms with E-state index in [1.807, 2.05) is 11.8 Å². The summed E-state index contributed by atoms with van der Waals surface area (Å²) in [7, 11) is 0. The first-order chi connectivity index (χ1) is 9.16. The number of aryl methyl sites for hydroxylation is 1. The smallest absolute Gasteiger partial charge is 0.255 e. The van der Waals surface area contributed by atoms with Gasteiger partial charge >= 0.3 is 0 Å². The normalized spacial score (nSPS) is 26.3. The first kappa shape index (κ1) is 12.5. The molecule has 102 valence electrons. The zero-order valence-electron chi connectivity index (χ0n) is 11.3. The van der Waals surface area contributed by atoms with Crippen LogP contribution in [0.4, 0.5) is 0 Å². The molecule has 4 heteroatoms. The topological polar surface area (TPSA) is 53.2 Å². The van der Waals surface area contributed by atoms with E-state index in [0.29, 0.717) is 17.5 Å². The van der Waals surface area contributed by atoms with E-state index in [9.17, 15) is 9.59 Å². The fourth-order valence-electron chi connectivity index (χ4n) is 3.66. The minimum Gasteiger partial charge on any atom is -0.335 e. The van der Waals surface area contributed by atoms with Crippen LogP contribution in [0.15, 0.2) is 17.1 Å². The van der Waals surface area contributed by atoms with E-state index in [0.717, 1.165) is 24.9 Å². The highest BCUT2D eigenvalue weighted by molar-refractivity contribution is 5.95. The summed E-state index contributed by atoms with van der Waals surface area (Å²) in [5.41, 5.74) is 1.27. The van der Waals surface area contributed by atoms with Gasteiger partial charge in [-0.2, -0.15) is 0 Å². The van der Waals surface area contributed by atoms with Crippen molar-refractivity contribution in [2.24, 2.45) is 5.92 Å². The Morgan fingerprint density at radius 1 is 1.32 bits per heavy atom. The summed E-state index contributed by atoms with van der Waals surface area (Å²) in [5.74, 6) is 0.783. The molecule has 1 aromatic heterocycles. The predicted octanol–water partition coefficient (Wildman–Crippen LogP) is 2.09. The number of fused-ring (bicyclic) bond motifs is 1. The fraction of sp³-hybridized carbons (Fsp3) is 0.600. The Bertz CT molecular complexity index is 549. The molecular formula is C15H20N2O2. The van der Waals surface area contributed by atoms with Crippen LogP contribution in [0.25, 0.3) is 0 Å². The lowest BCUT2D eigenvalue weighted by Gasteiger charge is -2.38. The molecule has 0 spiro atoms. The lowest BCUT2D eigenvalue weighted by Crippen LogP contribution is -2.46. The number of nitrogens with one attached hydrogen (secondary N) is 1. The minimum absolute atomic E-state index is 0.0883. The maximum Gasteiger partial charge on any atom is 0.255 e. The molecule has 1 amide bonds. The summed E-state index contributed by atoms with van der Waals surface area (Å²) in [6.45, 7) is 2.69. The largest absolute Gasteiger partial charge is 0.335 e. The number of pyridine rings is 1. The van der Waals surface area contributed by atoms with Crippen LogP contribution < -0.4 is 5.56 Å². The highest BCUT2D eigenvalue weighted by Gasteiger charge is 2.37. The van der Waals surface area contributed by atoms with E-state index in [4.69, 9.17) is 0 Å². The number of amides is 1. The van der Waals surface area contributed by atoms with Crippen molar-refractivity contribution in [3.05, 3.63) is 33.7 Å². The average molecular weight is 260 g/mol. The van der Waals surface area contributed by atoms with Gasteiger partial charge in [0.1, 0.15) is 0 Å². The second kappa shape index (κ2) is 4.83. The first-order valence-electron chi connectivity index (χ1n) is 7.17. The summed E-state index contributed by atoms with van der Waals surface area (Å²) in [5, 5.41) is 0. The van der Waals surface area contributed by atoms with Crippen LogP contribution >= 0.6 is 0 Å². The summed E-state index contributed by atoms with van der Waals surface area (Å²) in [6, 6.07) is 1.93. The van der Waals surface area contributed by atoms with Gasteiger partial charge in [-0.3, -0.25) is 9.59 Å². The Hall–Kier alpha value is -1.58. The van der Waals surface area contributed by atoms with Crippen LogP contribution in [0.1, 0.15) is 48.0 Å². The first-order valence-corrected chi connectivity index (χ1v) is 7.17. The number of carbonyl (C=O) groups is 1. The van der Waals surface area contributed by atoms with Crippen molar-refractivity contribution in [1.82, 2.24) is 9.88 Å². The minimum atomic E-state index is -0.147. The van der Waals surface area contributed by atoms with Gasteiger partial charge in [-0.1, -0.05) is 6.42 Å². The number of piperidine rings is 1. The summed E-state index contributed by atoms with van der Waals surface area (Å²) < 4.78 is 0. The van der Waals surface area contributed by atoms with Crippen molar-refractivity contribution >= 4 is 5.91 Å². The second-order valence-corrected chi connectivity index (χ2v) is 5.79. The van der Waals surface area contributed by atoms with Crippen LogP contribution in [0.5, 0.6) is 0 Å². The van der Waals surface area contributed by atoms with Crippen LogP contribution in [-0.4, -0.2) is 28.4 Å². The molecule has 0 bridgehead atoms. The number of carbonyl (C=O) groups excluding carboxylic acids is 1. The Balaban J connectivity index is 1.88. The molecule has 1 aliphatic heterocycles. The quantitative estimate of drug-likeness (QED) is 0.840. The van der Waals surface area contributed by atoms with Crippen LogP contribution in [0, 0.1) is 12.8 Å². The third-order valence-electron chi connectivity index (χ3n) is 4.62. The maximum absolute atomic E-state index is 12.7. The zero-order valence-corrected chi connectivity index (χ0v) is 11.3. The van der Waals surface area contributed by atoms with Crippen molar-refractivity contribution in [1.29, 1.82) is 0 Å². The Morgan fingerprint density at radius 2 is 2.11 bits per heavy atom. The highest BCUT2D eigenvalue weighted by atomic mass is 16.2. The van der Waals surface area contributed by atoms with Crippen molar-refractivity contribution < 1.29 is 4.79 Å². The van der Waals surface area contributed by atoms with Gasteiger partial charge in [0, 0.05) is 24.8 Å². The molecule has 0 radical (unpaired) electrons. The number of hydrogen-bond acceptors (Lipinski definition) is 2. The maximum atomic E-state index is 12.7. The molecule has 2 fully saturated rings. The van der Waals surface area contributed by atoms with Gasteiger partial charge in [0.2, 0.25) is 5.56 Å². The Labute approximate surface area is 112 Å². The molecule has 4 nitrogen and oxygen atoms in total. The molecule has 1 saturated heterocycles. The number of hydrogen-bond donors (Lipinski definition) is 1. The van der Waals surface area contributed by atoms with Crippen molar-refractivity contribution in [2.75, 3.05) is 6.54 Å². The lowest BCUT2D eigenvalue weighted by atomic mass is 9.91. The number of nitrogens with zero attached hydrogens (tertiary/aromatic N) is 1. The Kier molecular flexibility index (Phi) is 3.17. The molecule has 1 aromatic rings. The third kappa shape index (κ3) is 2.20. The third-order valence-corrected chi connectivity index (χ3v) is 4.62. The standard InChI is InChI=1S/C15H20N2O2/c1-10-8-14(18)16-9-12(10)15(19)17-7-3-5-11-4-2-6-13(11)17/h8-9,11,13H,2-7H2,1H3,(H,16,18). The lowest BCUT2D eigenvalue weighted by molar-refractivity contribution is 0.0547. The second-order valence-electron chi connectivity index (χ2n) is 5.79. The molecule has 1 saturated carbocycles. The number of likely N-dealkylation sites (tertiary alicyclic amines) is 1. The van der Waals surface area contributed by atoms with E-state index in [1.165, 1.54) is 25.3 Å². The molecule has 1 N–H and O–H groups in total. The van der Waals surface area contributed by atoms with E-state index in [1.54, 1.807) is 6.20 Å². The van der Waals surface area contributed by atoms with Crippen molar-refractivity contribution in [3.63, 3.8) is 0 Å². The monoisotopic (exact) mass is 260 g/mol. The SMILES string of the molecule is Cc1cc(=O)[nH]cc1C(=O)N1CCCC2CCCC21. The van der Waals surface area contributed by atoms with E-state index in [-0.39, 0.29) is 11.5 Å². The van der Waals surface area contributed by atoms with E-state index < -0.39 is 0 Å². The van der Waals surface area contributed by atoms with Gasteiger partial charge in [0.15, 0.2) is 0 Å². The molecule has 2 heterocycles. The van der Waals surface area contributed by atoms with E-state index >= 15 is 0 Å². The number of rotatable bonds is 1. The summed E-state index contributed by atoms with van der Waals surface area (Å²) in [4.78, 5) is 28.6. The molecule has 0 aromatic carbocycles. The number of H-pyrrole nitrogens is 1. The van der Waals surface area contributed by atoms with Gasteiger partial charge in [-0.25, -0.2) is 0 Å².